The van der Waals surface area contributed by atoms with Crippen LogP contribution in [-0.4, -0.2) is 33.8 Å². The summed E-state index contributed by atoms with van der Waals surface area (Å²) in [5.41, 5.74) is 1.58. The lowest BCUT2D eigenvalue weighted by molar-refractivity contribution is -0.131. The van der Waals surface area contributed by atoms with Crippen molar-refractivity contribution in [3.63, 3.8) is 0 Å². The molecule has 0 bridgehead atoms. The van der Waals surface area contributed by atoms with Crippen molar-refractivity contribution < 1.29 is 14.4 Å². The Labute approximate surface area is 145 Å². The largest absolute Gasteiger partial charge is 0.350 e. The monoisotopic (exact) mass is 338 g/mol. The second kappa shape index (κ2) is 7.57. The number of carbonyl (C=O) groups is 3. The molecule has 1 saturated heterocycles. The Kier molecular flexibility index (Phi) is 5.03. The third-order valence-electron chi connectivity index (χ3n) is 3.87. The number of pyridine rings is 1. The van der Waals surface area contributed by atoms with Gasteiger partial charge in [0.2, 0.25) is 5.91 Å². The van der Waals surface area contributed by atoms with Crippen LogP contribution < -0.4 is 10.6 Å². The number of nitrogens with zero attached hydrogens (tertiary/aromatic N) is 2. The van der Waals surface area contributed by atoms with Crippen LogP contribution in [0.2, 0.25) is 0 Å². The van der Waals surface area contributed by atoms with Crippen LogP contribution in [0.5, 0.6) is 0 Å². The predicted molar refractivity (Wildman–Crippen MR) is 90.0 cm³/mol. The highest BCUT2D eigenvalue weighted by atomic mass is 16.2. The van der Waals surface area contributed by atoms with E-state index >= 15 is 0 Å². The highest BCUT2D eigenvalue weighted by Crippen LogP contribution is 2.14. The SMILES string of the molecule is O=C(C[C@H]1NC(=O)N(Cc2ccccc2)C1=O)NCc1ccccn1. The van der Waals surface area contributed by atoms with Crippen molar-refractivity contribution in [3.8, 4) is 0 Å². The summed E-state index contributed by atoms with van der Waals surface area (Å²) in [4.78, 5) is 41.7. The Hall–Kier alpha value is -3.22. The number of carbonyl (C=O) groups excluding carboxylic acids is 3. The summed E-state index contributed by atoms with van der Waals surface area (Å²) in [6, 6.07) is 13.3. The predicted octanol–water partition coefficient (Wildman–Crippen LogP) is 1.21. The summed E-state index contributed by atoms with van der Waals surface area (Å²) >= 11 is 0. The fourth-order valence-electron chi connectivity index (χ4n) is 2.58. The van der Waals surface area contributed by atoms with Crippen LogP contribution in [0, 0.1) is 0 Å². The van der Waals surface area contributed by atoms with Crippen LogP contribution in [0.1, 0.15) is 17.7 Å². The fourth-order valence-corrected chi connectivity index (χ4v) is 2.58. The Morgan fingerprint density at radius 1 is 1.12 bits per heavy atom. The van der Waals surface area contributed by atoms with Crippen LogP contribution in [0.4, 0.5) is 4.79 Å². The van der Waals surface area contributed by atoms with Gasteiger partial charge in [-0.05, 0) is 17.7 Å². The fraction of sp³-hybridized carbons (Fsp3) is 0.222. The molecule has 7 nitrogen and oxygen atoms in total. The van der Waals surface area contributed by atoms with Gasteiger partial charge in [0, 0.05) is 6.20 Å². The molecule has 4 amide bonds. The van der Waals surface area contributed by atoms with Gasteiger partial charge >= 0.3 is 6.03 Å². The second-order valence-electron chi connectivity index (χ2n) is 5.71. The van der Waals surface area contributed by atoms with Gasteiger partial charge in [-0.3, -0.25) is 19.5 Å². The van der Waals surface area contributed by atoms with Gasteiger partial charge in [-0.2, -0.15) is 0 Å². The highest BCUT2D eigenvalue weighted by Gasteiger charge is 2.38. The van der Waals surface area contributed by atoms with Gasteiger partial charge in [-0.1, -0.05) is 36.4 Å². The first-order valence-corrected chi connectivity index (χ1v) is 7.96. The number of nitrogens with one attached hydrogen (secondary N) is 2. The standard InChI is InChI=1S/C18H18N4O3/c23-16(20-11-14-8-4-5-9-19-14)10-15-17(24)22(18(25)21-15)12-13-6-2-1-3-7-13/h1-9,15H,10-12H2,(H,20,23)(H,21,25)/t15-/m1/s1. The summed E-state index contributed by atoms with van der Waals surface area (Å²) < 4.78 is 0. The first kappa shape index (κ1) is 16.6. The zero-order valence-electron chi connectivity index (χ0n) is 13.5. The number of imide groups is 1. The molecule has 1 aliphatic rings. The molecule has 7 heteroatoms. The third kappa shape index (κ3) is 4.20. The van der Waals surface area contributed by atoms with Crippen molar-refractivity contribution in [2.45, 2.75) is 25.6 Å². The highest BCUT2D eigenvalue weighted by molar-refractivity contribution is 6.05. The van der Waals surface area contributed by atoms with Gasteiger partial charge in [0.25, 0.3) is 5.91 Å². The first-order chi connectivity index (χ1) is 12.1. The van der Waals surface area contributed by atoms with Crippen molar-refractivity contribution in [3.05, 3.63) is 66.0 Å². The van der Waals surface area contributed by atoms with E-state index in [2.05, 4.69) is 15.6 Å². The van der Waals surface area contributed by atoms with E-state index in [0.29, 0.717) is 0 Å². The average molecular weight is 338 g/mol. The number of hydrogen-bond donors (Lipinski definition) is 2. The van der Waals surface area contributed by atoms with Crippen molar-refractivity contribution in [2.24, 2.45) is 0 Å². The van der Waals surface area contributed by atoms with E-state index in [1.165, 1.54) is 0 Å². The van der Waals surface area contributed by atoms with Gasteiger partial charge in [0.1, 0.15) is 6.04 Å². The maximum absolute atomic E-state index is 12.4. The van der Waals surface area contributed by atoms with E-state index < -0.39 is 12.1 Å². The smallest absolute Gasteiger partial charge is 0.325 e. The van der Waals surface area contributed by atoms with E-state index in [0.717, 1.165) is 16.2 Å². The number of benzene rings is 1. The molecule has 0 aliphatic carbocycles. The molecule has 0 spiro atoms. The molecule has 1 atom stereocenters. The Morgan fingerprint density at radius 3 is 2.60 bits per heavy atom. The van der Waals surface area contributed by atoms with Crippen molar-refractivity contribution in [1.29, 1.82) is 0 Å². The van der Waals surface area contributed by atoms with Gasteiger partial charge in [-0.25, -0.2) is 4.79 Å². The van der Waals surface area contributed by atoms with E-state index in [9.17, 15) is 14.4 Å². The summed E-state index contributed by atoms with van der Waals surface area (Å²) in [7, 11) is 0. The summed E-state index contributed by atoms with van der Waals surface area (Å²) in [6.07, 6.45) is 1.55. The van der Waals surface area contributed by atoms with Crippen molar-refractivity contribution in [1.82, 2.24) is 20.5 Å². The zero-order chi connectivity index (χ0) is 17.6. The molecular weight excluding hydrogens is 320 g/mol. The molecule has 2 N–H and O–H groups in total. The molecule has 0 saturated carbocycles. The lowest BCUT2D eigenvalue weighted by atomic mass is 10.1. The molecule has 128 valence electrons. The number of urea groups is 1. The maximum Gasteiger partial charge on any atom is 0.325 e. The molecular formula is C18H18N4O3. The van der Waals surface area contributed by atoms with E-state index in [1.54, 1.807) is 18.3 Å². The van der Waals surface area contributed by atoms with Gasteiger partial charge in [0.05, 0.1) is 25.2 Å². The lowest BCUT2D eigenvalue weighted by Gasteiger charge is -2.13. The number of hydrogen-bond acceptors (Lipinski definition) is 4. The topological polar surface area (TPSA) is 91.4 Å². The van der Waals surface area contributed by atoms with Crippen LogP contribution in [0.25, 0.3) is 0 Å². The number of amides is 4. The lowest BCUT2D eigenvalue weighted by Crippen LogP contribution is -2.36. The molecule has 1 fully saturated rings. The minimum atomic E-state index is -0.833. The third-order valence-corrected chi connectivity index (χ3v) is 3.87. The van der Waals surface area contributed by atoms with Crippen LogP contribution >= 0.6 is 0 Å². The first-order valence-electron chi connectivity index (χ1n) is 7.96. The van der Waals surface area contributed by atoms with Crippen LogP contribution in [0.15, 0.2) is 54.7 Å². The zero-order valence-corrected chi connectivity index (χ0v) is 13.5. The van der Waals surface area contributed by atoms with Crippen molar-refractivity contribution >= 4 is 17.8 Å². The summed E-state index contributed by atoms with van der Waals surface area (Å²) in [6.45, 7) is 0.472. The van der Waals surface area contributed by atoms with Crippen molar-refractivity contribution in [2.75, 3.05) is 0 Å². The average Bonchev–Trinajstić information content (AvgIpc) is 2.89. The summed E-state index contributed by atoms with van der Waals surface area (Å²) in [5, 5.41) is 5.27. The molecule has 2 heterocycles. The molecule has 1 aromatic carbocycles. The van der Waals surface area contributed by atoms with Gasteiger partial charge in [0.15, 0.2) is 0 Å². The summed E-state index contributed by atoms with van der Waals surface area (Å²) in [5.74, 6) is -0.701. The molecule has 0 radical (unpaired) electrons. The Morgan fingerprint density at radius 2 is 1.88 bits per heavy atom. The van der Waals surface area contributed by atoms with Crippen LogP contribution in [0.3, 0.4) is 0 Å². The molecule has 0 unspecified atom stereocenters. The van der Waals surface area contributed by atoms with E-state index in [1.807, 2.05) is 36.4 Å². The van der Waals surface area contributed by atoms with Gasteiger partial charge in [-0.15, -0.1) is 0 Å². The molecule has 2 aromatic rings. The molecule has 3 rings (SSSR count). The number of rotatable bonds is 6. The Balaban J connectivity index is 1.54. The van der Waals surface area contributed by atoms with Crippen LogP contribution in [-0.2, 0) is 22.7 Å². The Bertz CT molecular complexity index is 764. The second-order valence-corrected chi connectivity index (χ2v) is 5.71. The maximum atomic E-state index is 12.4. The quantitative estimate of drug-likeness (QED) is 0.775. The van der Waals surface area contributed by atoms with E-state index in [4.69, 9.17) is 0 Å². The number of aromatic nitrogens is 1. The molecule has 1 aromatic heterocycles. The molecule has 25 heavy (non-hydrogen) atoms. The van der Waals surface area contributed by atoms with Gasteiger partial charge < -0.3 is 10.6 Å². The normalized spacial score (nSPS) is 16.6. The minimum absolute atomic E-state index is 0.0945. The van der Waals surface area contributed by atoms with E-state index in [-0.39, 0.29) is 31.3 Å². The molecule has 1 aliphatic heterocycles. The minimum Gasteiger partial charge on any atom is -0.350 e.